The molecule has 1 saturated heterocycles. The first-order valence-corrected chi connectivity index (χ1v) is 9.39. The summed E-state index contributed by atoms with van der Waals surface area (Å²) in [6.45, 7) is 0.333. The Labute approximate surface area is 126 Å². The minimum Gasteiger partial charge on any atom is -0.479 e. The maximum Gasteiger partial charge on any atom is 0.331 e. The molecule has 114 valence electrons. The highest BCUT2D eigenvalue weighted by atomic mass is 32.2. The predicted octanol–water partition coefficient (Wildman–Crippen LogP) is 0.693. The molecule has 2 aliphatic rings. The molecule has 8 heteroatoms. The predicted molar refractivity (Wildman–Crippen MR) is 76.9 cm³/mol. The van der Waals surface area contributed by atoms with Gasteiger partial charge in [0, 0.05) is 11.4 Å². The van der Waals surface area contributed by atoms with Crippen LogP contribution in [0.15, 0.2) is 11.4 Å². The second-order valence-corrected chi connectivity index (χ2v) is 8.65. The minimum atomic E-state index is -3.16. The van der Waals surface area contributed by atoms with Crippen LogP contribution in [0, 0.1) is 5.92 Å². The first-order valence-electron chi connectivity index (χ1n) is 6.69. The quantitative estimate of drug-likeness (QED) is 0.862. The van der Waals surface area contributed by atoms with Gasteiger partial charge in [-0.2, -0.15) is 0 Å². The van der Waals surface area contributed by atoms with Crippen LogP contribution in [0.3, 0.4) is 0 Å². The van der Waals surface area contributed by atoms with E-state index in [1.165, 1.54) is 16.2 Å². The molecule has 0 radical (unpaired) electrons. The number of thiophene rings is 1. The number of hydrogen-bond donors (Lipinski definition) is 1. The Bertz CT molecular complexity index is 693. The topological polar surface area (TPSA) is 91.8 Å². The van der Waals surface area contributed by atoms with Crippen molar-refractivity contribution in [1.82, 2.24) is 4.90 Å². The molecular formula is C13H15NO5S2. The number of amides is 1. The van der Waals surface area contributed by atoms with E-state index in [4.69, 9.17) is 0 Å². The molecule has 1 fully saturated rings. The summed E-state index contributed by atoms with van der Waals surface area (Å²) in [5.74, 6) is -2.16. The van der Waals surface area contributed by atoms with Gasteiger partial charge in [-0.25, -0.2) is 13.2 Å². The van der Waals surface area contributed by atoms with Gasteiger partial charge in [0.25, 0.3) is 0 Å². The summed E-state index contributed by atoms with van der Waals surface area (Å²) in [6, 6.07) is 0.750. The normalized spacial score (nSPS) is 27.3. The van der Waals surface area contributed by atoms with Crippen LogP contribution in [0.25, 0.3) is 0 Å². The summed E-state index contributed by atoms with van der Waals surface area (Å²) in [5, 5.41) is 11.3. The Balaban J connectivity index is 1.88. The molecule has 0 aromatic carbocycles. The van der Waals surface area contributed by atoms with Crippen LogP contribution in [0.1, 0.15) is 22.9 Å². The lowest BCUT2D eigenvalue weighted by molar-refractivity contribution is -0.152. The SMILES string of the molecule is O=C(O)C1c2ccsc2CCN1C(=O)C1CCS(=O)(=O)C1. The van der Waals surface area contributed by atoms with Gasteiger partial charge >= 0.3 is 5.97 Å². The molecule has 0 bridgehead atoms. The van der Waals surface area contributed by atoms with Crippen molar-refractivity contribution in [3.63, 3.8) is 0 Å². The molecule has 3 rings (SSSR count). The Morgan fingerprint density at radius 2 is 2.14 bits per heavy atom. The zero-order valence-electron chi connectivity index (χ0n) is 11.2. The standard InChI is InChI=1S/C13H15NO5S2/c15-12(8-3-6-21(18,19)7-8)14-4-1-10-9(2-5-20-10)11(14)13(16)17/h2,5,8,11H,1,3-4,6-7H2,(H,16,17). The first-order chi connectivity index (χ1) is 9.89. The van der Waals surface area contributed by atoms with Crippen LogP contribution in [0.4, 0.5) is 0 Å². The van der Waals surface area contributed by atoms with Crippen molar-refractivity contribution in [3.8, 4) is 0 Å². The van der Waals surface area contributed by atoms with Crippen molar-refractivity contribution < 1.29 is 23.1 Å². The van der Waals surface area contributed by atoms with Crippen LogP contribution in [-0.2, 0) is 25.8 Å². The lowest BCUT2D eigenvalue weighted by atomic mass is 9.97. The van der Waals surface area contributed by atoms with E-state index in [0.717, 1.165) is 4.88 Å². The lowest BCUT2D eigenvalue weighted by Gasteiger charge is -2.34. The van der Waals surface area contributed by atoms with E-state index in [-0.39, 0.29) is 17.4 Å². The van der Waals surface area contributed by atoms with E-state index in [1.807, 2.05) is 5.38 Å². The van der Waals surface area contributed by atoms with Crippen molar-refractivity contribution >= 4 is 33.1 Å². The molecule has 1 aromatic heterocycles. The zero-order valence-corrected chi connectivity index (χ0v) is 12.8. The first kappa shape index (κ1) is 14.5. The summed E-state index contributed by atoms with van der Waals surface area (Å²) >= 11 is 1.50. The summed E-state index contributed by atoms with van der Waals surface area (Å²) in [6.07, 6.45) is 0.919. The fourth-order valence-electron chi connectivity index (χ4n) is 3.04. The molecule has 3 heterocycles. The van der Waals surface area contributed by atoms with E-state index in [0.29, 0.717) is 24.9 Å². The summed E-state index contributed by atoms with van der Waals surface area (Å²) in [5.41, 5.74) is 0.660. The van der Waals surface area contributed by atoms with Gasteiger partial charge in [-0.05, 0) is 29.9 Å². The van der Waals surface area contributed by atoms with Crippen molar-refractivity contribution in [2.75, 3.05) is 18.1 Å². The third-order valence-corrected chi connectivity index (χ3v) is 6.83. The summed E-state index contributed by atoms with van der Waals surface area (Å²) in [4.78, 5) is 26.4. The Morgan fingerprint density at radius 1 is 1.38 bits per heavy atom. The molecule has 0 spiro atoms. The van der Waals surface area contributed by atoms with Crippen LogP contribution in [0.5, 0.6) is 0 Å². The Hall–Kier alpha value is -1.41. The molecule has 2 atom stereocenters. The minimum absolute atomic E-state index is 0.0126. The number of nitrogens with zero attached hydrogens (tertiary/aromatic N) is 1. The highest BCUT2D eigenvalue weighted by Crippen LogP contribution is 2.35. The number of hydrogen-bond acceptors (Lipinski definition) is 5. The average Bonchev–Trinajstić information content (AvgIpc) is 3.02. The van der Waals surface area contributed by atoms with Gasteiger partial charge < -0.3 is 10.0 Å². The summed E-state index contributed by atoms with van der Waals surface area (Å²) < 4.78 is 23.0. The smallest absolute Gasteiger partial charge is 0.331 e. The van der Waals surface area contributed by atoms with E-state index < -0.39 is 27.8 Å². The van der Waals surface area contributed by atoms with Crippen molar-refractivity contribution in [2.24, 2.45) is 5.92 Å². The fourth-order valence-corrected chi connectivity index (χ4v) is 5.68. The molecule has 6 nitrogen and oxygen atoms in total. The average molecular weight is 329 g/mol. The van der Waals surface area contributed by atoms with Crippen LogP contribution < -0.4 is 0 Å². The van der Waals surface area contributed by atoms with Gasteiger partial charge in [-0.15, -0.1) is 11.3 Å². The largest absolute Gasteiger partial charge is 0.479 e. The third-order valence-electron chi connectivity index (χ3n) is 4.06. The second-order valence-electron chi connectivity index (χ2n) is 5.42. The van der Waals surface area contributed by atoms with Crippen molar-refractivity contribution in [1.29, 1.82) is 0 Å². The second kappa shape index (κ2) is 5.10. The van der Waals surface area contributed by atoms with Gasteiger partial charge in [0.15, 0.2) is 15.9 Å². The van der Waals surface area contributed by atoms with E-state index in [2.05, 4.69) is 0 Å². The number of carboxylic acid groups (broad SMARTS) is 1. The number of sulfone groups is 1. The number of carboxylic acids is 1. The lowest BCUT2D eigenvalue weighted by Crippen LogP contribution is -2.45. The Morgan fingerprint density at radius 3 is 2.76 bits per heavy atom. The van der Waals surface area contributed by atoms with Crippen LogP contribution in [-0.4, -0.2) is 48.4 Å². The summed E-state index contributed by atoms with van der Waals surface area (Å²) in [7, 11) is -3.16. The molecule has 1 amide bonds. The van der Waals surface area contributed by atoms with Crippen LogP contribution >= 0.6 is 11.3 Å². The van der Waals surface area contributed by atoms with E-state index in [9.17, 15) is 23.1 Å². The highest BCUT2D eigenvalue weighted by Gasteiger charge is 2.42. The fraction of sp³-hybridized carbons (Fsp3) is 0.538. The number of fused-ring (bicyclic) bond motifs is 1. The molecular weight excluding hydrogens is 314 g/mol. The zero-order chi connectivity index (χ0) is 15.2. The van der Waals surface area contributed by atoms with Gasteiger partial charge in [0.1, 0.15) is 0 Å². The third kappa shape index (κ3) is 2.57. The van der Waals surface area contributed by atoms with E-state index >= 15 is 0 Å². The molecule has 1 aromatic rings. The number of carbonyl (C=O) groups is 2. The maximum absolute atomic E-state index is 12.5. The number of rotatable bonds is 2. The van der Waals surface area contributed by atoms with Crippen molar-refractivity contribution in [2.45, 2.75) is 18.9 Å². The molecule has 0 aliphatic carbocycles. The highest BCUT2D eigenvalue weighted by molar-refractivity contribution is 7.91. The molecule has 21 heavy (non-hydrogen) atoms. The van der Waals surface area contributed by atoms with Crippen LogP contribution in [0.2, 0.25) is 0 Å². The monoisotopic (exact) mass is 329 g/mol. The molecule has 1 N–H and O–H groups in total. The van der Waals surface area contributed by atoms with Gasteiger partial charge in [0.2, 0.25) is 5.91 Å². The molecule has 2 unspecified atom stereocenters. The van der Waals surface area contributed by atoms with Gasteiger partial charge in [-0.1, -0.05) is 0 Å². The van der Waals surface area contributed by atoms with Crippen molar-refractivity contribution in [3.05, 3.63) is 21.9 Å². The number of carbonyl (C=O) groups excluding carboxylic acids is 1. The molecule has 2 aliphatic heterocycles. The maximum atomic E-state index is 12.5. The number of aliphatic carboxylic acids is 1. The van der Waals surface area contributed by atoms with E-state index in [1.54, 1.807) is 6.07 Å². The van der Waals surface area contributed by atoms with Gasteiger partial charge in [-0.3, -0.25) is 4.79 Å². The molecule has 0 saturated carbocycles. The Kier molecular flexibility index (Phi) is 3.53. The van der Waals surface area contributed by atoms with Gasteiger partial charge in [0.05, 0.1) is 17.4 Å².